The van der Waals surface area contributed by atoms with Gasteiger partial charge in [0.2, 0.25) is 11.9 Å². The van der Waals surface area contributed by atoms with Crippen LogP contribution in [0.3, 0.4) is 0 Å². The van der Waals surface area contributed by atoms with E-state index in [4.69, 9.17) is 9.72 Å². The highest BCUT2D eigenvalue weighted by Gasteiger charge is 2.32. The second-order valence-electron chi connectivity index (χ2n) is 9.39. The van der Waals surface area contributed by atoms with Crippen molar-refractivity contribution in [3.63, 3.8) is 0 Å². The van der Waals surface area contributed by atoms with Crippen LogP contribution in [0.5, 0.6) is 5.75 Å². The number of ether oxygens (including phenoxy) is 1. The van der Waals surface area contributed by atoms with Crippen LogP contribution in [0.1, 0.15) is 37.2 Å². The molecule has 7 nitrogen and oxygen atoms in total. The fourth-order valence-corrected chi connectivity index (χ4v) is 5.17. The number of carbonyl (C=O) groups excluding carboxylic acids is 1. The molecule has 3 heterocycles. The highest BCUT2D eigenvalue weighted by Crippen LogP contribution is 2.30. The molecule has 1 aromatic heterocycles. The third-order valence-corrected chi connectivity index (χ3v) is 7.14. The van der Waals surface area contributed by atoms with Crippen LogP contribution in [-0.4, -0.2) is 54.1 Å². The van der Waals surface area contributed by atoms with Crippen molar-refractivity contribution in [2.24, 2.45) is 5.92 Å². The van der Waals surface area contributed by atoms with E-state index in [0.29, 0.717) is 18.4 Å². The third kappa shape index (κ3) is 5.56. The van der Waals surface area contributed by atoms with Crippen molar-refractivity contribution in [1.29, 1.82) is 0 Å². The second-order valence-corrected chi connectivity index (χ2v) is 9.39. The van der Waals surface area contributed by atoms with Gasteiger partial charge in [-0.25, -0.2) is 4.98 Å². The highest BCUT2D eigenvalue weighted by atomic mass is 16.5. The molecule has 1 amide bonds. The fourth-order valence-electron chi connectivity index (χ4n) is 5.17. The molecule has 35 heavy (non-hydrogen) atoms. The van der Waals surface area contributed by atoms with Crippen LogP contribution in [-0.2, 0) is 4.79 Å². The molecule has 182 valence electrons. The Morgan fingerprint density at radius 1 is 0.971 bits per heavy atom. The summed E-state index contributed by atoms with van der Waals surface area (Å²) in [6.07, 6.45) is 5.74. The lowest BCUT2D eigenvalue weighted by molar-refractivity contribution is -0.136. The molecule has 0 radical (unpaired) electrons. The molecule has 7 heteroatoms. The van der Waals surface area contributed by atoms with Crippen LogP contribution in [0.4, 0.5) is 17.5 Å². The molecule has 1 atom stereocenters. The Bertz CT molecular complexity index is 1110. The van der Waals surface area contributed by atoms with E-state index in [1.807, 2.05) is 30.3 Å². The molecule has 5 rings (SSSR count). The lowest BCUT2D eigenvalue weighted by Gasteiger charge is -2.38. The maximum absolute atomic E-state index is 13.4. The molecule has 0 spiro atoms. The minimum atomic E-state index is -0.00108. The van der Waals surface area contributed by atoms with Gasteiger partial charge in [0.25, 0.3) is 0 Å². The molecular weight excluding hydrogens is 438 g/mol. The lowest BCUT2D eigenvalue weighted by atomic mass is 9.88. The van der Waals surface area contributed by atoms with E-state index in [1.165, 1.54) is 5.56 Å². The van der Waals surface area contributed by atoms with Crippen LogP contribution in [0.25, 0.3) is 0 Å². The van der Waals surface area contributed by atoms with Crippen LogP contribution < -0.4 is 15.0 Å². The van der Waals surface area contributed by atoms with Gasteiger partial charge in [0, 0.05) is 38.1 Å². The molecule has 1 unspecified atom stereocenters. The van der Waals surface area contributed by atoms with Crippen molar-refractivity contribution in [3.05, 3.63) is 72.4 Å². The number of hydrogen-bond donors (Lipinski definition) is 1. The first-order valence-corrected chi connectivity index (χ1v) is 12.5. The number of nitrogens with zero attached hydrogens (tertiary/aromatic N) is 4. The number of anilines is 3. The minimum Gasteiger partial charge on any atom is -0.497 e. The summed E-state index contributed by atoms with van der Waals surface area (Å²) in [5, 5.41) is 3.33. The Hall–Kier alpha value is -3.61. The van der Waals surface area contributed by atoms with E-state index >= 15 is 0 Å². The van der Waals surface area contributed by atoms with Gasteiger partial charge in [-0.2, -0.15) is 4.98 Å². The van der Waals surface area contributed by atoms with Gasteiger partial charge in [0.1, 0.15) is 11.6 Å². The summed E-state index contributed by atoms with van der Waals surface area (Å²) in [5.74, 6) is 3.05. The number of carbonyl (C=O) groups is 1. The smallest absolute Gasteiger partial charge is 0.227 e. The first-order valence-electron chi connectivity index (χ1n) is 12.5. The summed E-state index contributed by atoms with van der Waals surface area (Å²) in [6, 6.07) is 20.3. The first-order chi connectivity index (χ1) is 17.2. The average Bonchev–Trinajstić information content (AvgIpc) is 2.94. The quantitative estimate of drug-likeness (QED) is 0.554. The van der Waals surface area contributed by atoms with Gasteiger partial charge in [0.15, 0.2) is 0 Å². The molecule has 2 saturated heterocycles. The van der Waals surface area contributed by atoms with Gasteiger partial charge < -0.3 is 19.9 Å². The summed E-state index contributed by atoms with van der Waals surface area (Å²) in [5.41, 5.74) is 2.32. The number of rotatable bonds is 6. The number of nitrogens with one attached hydrogen (secondary N) is 1. The predicted octanol–water partition coefficient (Wildman–Crippen LogP) is 4.85. The molecule has 2 aliphatic heterocycles. The van der Waals surface area contributed by atoms with Gasteiger partial charge in [-0.1, -0.05) is 30.3 Å². The van der Waals surface area contributed by atoms with Gasteiger partial charge in [-0.15, -0.1) is 0 Å². The Morgan fingerprint density at radius 3 is 2.49 bits per heavy atom. The zero-order chi connectivity index (χ0) is 24.0. The first kappa shape index (κ1) is 23.1. The lowest BCUT2D eigenvalue weighted by Crippen LogP contribution is -2.47. The maximum Gasteiger partial charge on any atom is 0.227 e. The minimum absolute atomic E-state index is 0.00108. The molecule has 1 N–H and O–H groups in total. The van der Waals surface area contributed by atoms with E-state index in [0.717, 1.165) is 62.6 Å². The zero-order valence-electron chi connectivity index (χ0n) is 20.3. The van der Waals surface area contributed by atoms with E-state index in [1.54, 1.807) is 13.3 Å². The summed E-state index contributed by atoms with van der Waals surface area (Å²) in [7, 11) is 1.66. The van der Waals surface area contributed by atoms with E-state index in [-0.39, 0.29) is 11.8 Å². The van der Waals surface area contributed by atoms with Gasteiger partial charge in [-0.3, -0.25) is 4.79 Å². The van der Waals surface area contributed by atoms with Gasteiger partial charge in [-0.05, 0) is 67.5 Å². The molecule has 0 saturated carbocycles. The monoisotopic (exact) mass is 471 g/mol. The number of amides is 1. The second kappa shape index (κ2) is 10.8. The number of aromatic nitrogens is 2. The highest BCUT2D eigenvalue weighted by molar-refractivity contribution is 5.80. The van der Waals surface area contributed by atoms with Crippen LogP contribution >= 0.6 is 0 Å². The molecule has 2 fully saturated rings. The third-order valence-electron chi connectivity index (χ3n) is 7.14. The van der Waals surface area contributed by atoms with Crippen molar-refractivity contribution >= 4 is 23.4 Å². The fraction of sp³-hybridized carbons (Fsp3) is 0.393. The van der Waals surface area contributed by atoms with Crippen LogP contribution in [0.15, 0.2) is 66.9 Å². The number of likely N-dealkylation sites (tertiary alicyclic amines) is 1. The van der Waals surface area contributed by atoms with Crippen molar-refractivity contribution in [2.45, 2.75) is 31.6 Å². The van der Waals surface area contributed by atoms with Crippen LogP contribution in [0, 0.1) is 5.92 Å². The SMILES string of the molecule is COc1ccc(Nc2ccnc(N3CCCC(C(=O)N4CCC(c5ccccc5)CC4)C3)n2)cc1. The summed E-state index contributed by atoms with van der Waals surface area (Å²) < 4.78 is 5.23. The van der Waals surface area contributed by atoms with E-state index < -0.39 is 0 Å². The zero-order valence-corrected chi connectivity index (χ0v) is 20.3. The Labute approximate surface area is 207 Å². The Morgan fingerprint density at radius 2 is 1.74 bits per heavy atom. The molecule has 2 aliphatic rings. The van der Waals surface area contributed by atoms with Crippen molar-refractivity contribution in [3.8, 4) is 5.75 Å². The van der Waals surface area contributed by atoms with E-state index in [2.05, 4.69) is 50.4 Å². The van der Waals surface area contributed by atoms with Gasteiger partial charge in [0.05, 0.1) is 13.0 Å². The summed E-state index contributed by atoms with van der Waals surface area (Å²) >= 11 is 0. The van der Waals surface area contributed by atoms with Gasteiger partial charge >= 0.3 is 0 Å². The van der Waals surface area contributed by atoms with Crippen molar-refractivity contribution in [2.75, 3.05) is 43.5 Å². The normalized spacial score (nSPS) is 18.8. The van der Waals surface area contributed by atoms with Crippen molar-refractivity contribution < 1.29 is 9.53 Å². The molecular formula is C28H33N5O2. The largest absolute Gasteiger partial charge is 0.497 e. The Kier molecular flexibility index (Phi) is 7.12. The molecule has 0 aliphatic carbocycles. The molecule has 0 bridgehead atoms. The number of hydrogen-bond acceptors (Lipinski definition) is 6. The number of benzene rings is 2. The van der Waals surface area contributed by atoms with Crippen LogP contribution in [0.2, 0.25) is 0 Å². The molecule has 2 aromatic carbocycles. The standard InChI is InChI=1S/C28H33N5O2/c1-35-25-11-9-24(10-12-25)30-26-13-16-29-28(31-26)33-17-5-8-23(20-33)27(34)32-18-14-22(15-19-32)21-6-3-2-4-7-21/h2-4,6-7,9-13,16,22-23H,5,8,14-15,17-20H2,1H3,(H,29,30,31). The number of methoxy groups -OCH3 is 1. The van der Waals surface area contributed by atoms with E-state index in [9.17, 15) is 4.79 Å². The summed E-state index contributed by atoms with van der Waals surface area (Å²) in [4.78, 5) is 26.8. The Balaban J connectivity index is 1.19. The van der Waals surface area contributed by atoms with Crippen molar-refractivity contribution in [1.82, 2.24) is 14.9 Å². The topological polar surface area (TPSA) is 70.6 Å². The summed E-state index contributed by atoms with van der Waals surface area (Å²) in [6.45, 7) is 3.22. The number of piperidine rings is 2. The molecule has 3 aromatic rings. The predicted molar refractivity (Wildman–Crippen MR) is 138 cm³/mol. The average molecular weight is 472 g/mol. The maximum atomic E-state index is 13.4.